The molecule has 0 radical (unpaired) electrons. The van der Waals surface area contributed by atoms with Crippen LogP contribution in [0.3, 0.4) is 0 Å². The van der Waals surface area contributed by atoms with Gasteiger partial charge in [-0.1, -0.05) is 44.2 Å². The van der Waals surface area contributed by atoms with Gasteiger partial charge in [-0.25, -0.2) is 0 Å². The second-order valence-corrected chi connectivity index (χ2v) is 11.8. The summed E-state index contributed by atoms with van der Waals surface area (Å²) in [6.07, 6.45) is 7.94. The summed E-state index contributed by atoms with van der Waals surface area (Å²) in [4.78, 5) is 46.1. The molecule has 2 bridgehead atoms. The lowest BCUT2D eigenvalue weighted by atomic mass is 9.65. The van der Waals surface area contributed by atoms with E-state index in [2.05, 4.69) is 13.2 Å². The number of nitrogens with zero attached hydrogens (tertiary/aromatic N) is 2. The third kappa shape index (κ3) is 5.03. The molecule has 224 valence electrons. The van der Waals surface area contributed by atoms with E-state index in [4.69, 9.17) is 9.47 Å². The Labute approximate surface area is 244 Å². The molecule has 3 heterocycles. The molecule has 6 atom stereocenters. The Hall–Kier alpha value is -2.97. The number of allylic oxidation sites excluding steroid dienone is 1. The first-order chi connectivity index (χ1) is 19.7. The number of unbranched alkanes of at least 4 members (excludes halogenated alkanes) is 2. The minimum absolute atomic E-state index is 0.245. The standard InChI is InChI=1S/C33H46N2O6/c1-7-11-12-13-20-40-31(39)26-25-29(37)35(24(9-3)21-36)28(33(25)18-17-32(26,10-4)41-33)30(38)34(19-8-2)27-22(5)15-14-16-23(27)6/h7-8,14-16,24-26,28,36H,1-2,9-13,17-21H2,3-6H3/t24-,25-,26+,28?,32-,33?/m0/s1. The number of para-hydroxylation sites is 1. The van der Waals surface area contributed by atoms with Crippen molar-refractivity contribution in [3.63, 3.8) is 0 Å². The van der Waals surface area contributed by atoms with Crippen LogP contribution in [-0.2, 0) is 23.9 Å². The Kier molecular flexibility index (Phi) is 9.44. The van der Waals surface area contributed by atoms with Gasteiger partial charge < -0.3 is 24.4 Å². The Bertz CT molecular complexity index is 1160. The van der Waals surface area contributed by atoms with Crippen molar-refractivity contribution in [1.29, 1.82) is 0 Å². The maximum atomic E-state index is 14.8. The molecule has 0 aromatic heterocycles. The zero-order chi connectivity index (χ0) is 29.9. The number of hydrogen-bond donors (Lipinski definition) is 1. The molecule has 1 spiro atoms. The maximum Gasteiger partial charge on any atom is 0.312 e. The highest BCUT2D eigenvalue weighted by Crippen LogP contribution is 2.65. The summed E-state index contributed by atoms with van der Waals surface area (Å²) in [5, 5.41) is 10.4. The highest BCUT2D eigenvalue weighted by atomic mass is 16.6. The van der Waals surface area contributed by atoms with Gasteiger partial charge in [0, 0.05) is 12.2 Å². The van der Waals surface area contributed by atoms with Crippen LogP contribution in [0.15, 0.2) is 43.5 Å². The van der Waals surface area contributed by atoms with Crippen LogP contribution in [0.1, 0.15) is 69.9 Å². The minimum atomic E-state index is -1.19. The number of amides is 2. The maximum absolute atomic E-state index is 14.8. The smallest absolute Gasteiger partial charge is 0.312 e. The van der Waals surface area contributed by atoms with Gasteiger partial charge in [-0.05, 0) is 69.9 Å². The molecular formula is C33H46N2O6. The number of aliphatic hydroxyl groups excluding tert-OH is 1. The fourth-order valence-corrected chi connectivity index (χ4v) is 7.55. The summed E-state index contributed by atoms with van der Waals surface area (Å²) in [5.74, 6) is -2.69. The van der Waals surface area contributed by atoms with Gasteiger partial charge in [-0.3, -0.25) is 14.4 Å². The molecule has 3 saturated heterocycles. The van der Waals surface area contributed by atoms with Gasteiger partial charge in [0.15, 0.2) is 0 Å². The van der Waals surface area contributed by atoms with Gasteiger partial charge >= 0.3 is 5.97 Å². The van der Waals surface area contributed by atoms with Crippen LogP contribution in [-0.4, -0.2) is 70.8 Å². The molecular weight excluding hydrogens is 520 g/mol. The number of esters is 1. The van der Waals surface area contributed by atoms with Gasteiger partial charge in [0.1, 0.15) is 17.6 Å². The van der Waals surface area contributed by atoms with Crippen LogP contribution in [0.2, 0.25) is 0 Å². The fraction of sp³-hybridized carbons (Fsp3) is 0.606. The number of aliphatic hydroxyl groups is 1. The van der Waals surface area contributed by atoms with Gasteiger partial charge in [-0.2, -0.15) is 0 Å². The molecule has 8 heteroatoms. The Morgan fingerprint density at radius 2 is 1.90 bits per heavy atom. The molecule has 3 fully saturated rings. The van der Waals surface area contributed by atoms with Crippen LogP contribution in [0.5, 0.6) is 0 Å². The Morgan fingerprint density at radius 1 is 1.20 bits per heavy atom. The van der Waals surface area contributed by atoms with Gasteiger partial charge in [0.25, 0.3) is 5.91 Å². The summed E-state index contributed by atoms with van der Waals surface area (Å²) < 4.78 is 12.6. The number of carbonyl (C=O) groups is 3. The summed E-state index contributed by atoms with van der Waals surface area (Å²) in [5.41, 5.74) is 0.578. The van der Waals surface area contributed by atoms with Gasteiger partial charge in [0.2, 0.25) is 5.91 Å². The van der Waals surface area contributed by atoms with Crippen molar-refractivity contribution in [3.8, 4) is 0 Å². The van der Waals surface area contributed by atoms with Crippen LogP contribution in [0.25, 0.3) is 0 Å². The molecule has 0 aliphatic carbocycles. The lowest BCUT2D eigenvalue weighted by molar-refractivity contribution is -0.162. The van der Waals surface area contributed by atoms with E-state index < -0.39 is 41.1 Å². The van der Waals surface area contributed by atoms with E-state index in [1.807, 2.05) is 52.0 Å². The number of benzene rings is 1. The van der Waals surface area contributed by atoms with E-state index in [0.29, 0.717) is 32.1 Å². The van der Waals surface area contributed by atoms with E-state index in [1.165, 1.54) is 4.90 Å². The normalized spacial score (nSPS) is 28.9. The quantitative estimate of drug-likeness (QED) is 0.200. The van der Waals surface area contributed by atoms with Crippen molar-refractivity contribution in [2.45, 2.75) is 95.9 Å². The lowest BCUT2D eigenvalue weighted by Crippen LogP contribution is -2.59. The molecule has 1 N–H and O–H groups in total. The molecule has 4 rings (SSSR count). The molecule has 0 saturated carbocycles. The van der Waals surface area contributed by atoms with E-state index in [1.54, 1.807) is 11.0 Å². The second-order valence-electron chi connectivity index (χ2n) is 11.8. The van der Waals surface area contributed by atoms with Crippen molar-refractivity contribution >= 4 is 23.5 Å². The van der Waals surface area contributed by atoms with Gasteiger partial charge in [-0.15, -0.1) is 13.2 Å². The molecule has 1 aromatic rings. The number of fused-ring (bicyclic) bond motifs is 1. The van der Waals surface area contributed by atoms with Crippen molar-refractivity contribution in [1.82, 2.24) is 4.90 Å². The van der Waals surface area contributed by atoms with Crippen LogP contribution >= 0.6 is 0 Å². The van der Waals surface area contributed by atoms with Crippen molar-refractivity contribution in [2.75, 3.05) is 24.7 Å². The van der Waals surface area contributed by atoms with E-state index in [9.17, 15) is 19.5 Å². The first-order valence-electron chi connectivity index (χ1n) is 15.1. The average Bonchev–Trinajstić information content (AvgIpc) is 3.56. The summed E-state index contributed by atoms with van der Waals surface area (Å²) >= 11 is 0. The molecule has 1 aromatic carbocycles. The number of aryl methyl sites for hydroxylation is 2. The monoisotopic (exact) mass is 566 g/mol. The predicted molar refractivity (Wildman–Crippen MR) is 158 cm³/mol. The highest BCUT2D eigenvalue weighted by molar-refractivity contribution is 6.05. The second kappa shape index (κ2) is 12.5. The first kappa shape index (κ1) is 31.0. The molecule has 3 aliphatic heterocycles. The van der Waals surface area contributed by atoms with Gasteiger partial charge in [0.05, 0.1) is 30.8 Å². The Morgan fingerprint density at radius 3 is 2.49 bits per heavy atom. The topological polar surface area (TPSA) is 96.4 Å². The number of anilines is 1. The molecule has 3 aliphatic rings. The van der Waals surface area contributed by atoms with Crippen molar-refractivity contribution < 1.29 is 29.0 Å². The fourth-order valence-electron chi connectivity index (χ4n) is 7.55. The molecule has 41 heavy (non-hydrogen) atoms. The third-order valence-electron chi connectivity index (χ3n) is 9.52. The van der Waals surface area contributed by atoms with E-state index >= 15 is 0 Å². The van der Waals surface area contributed by atoms with Crippen LogP contribution < -0.4 is 4.90 Å². The number of hydrogen-bond acceptors (Lipinski definition) is 6. The van der Waals surface area contributed by atoms with Crippen molar-refractivity contribution in [2.24, 2.45) is 11.8 Å². The SMILES string of the molecule is C=CCCCCOC(=O)[C@H]1[C@H]2C(=O)N([C@@H](CC)CO)C(C(=O)N(CC=C)c3c(C)cccc3C)C23CC[C@]1(CC)O3. The number of ether oxygens (including phenoxy) is 2. The largest absolute Gasteiger partial charge is 0.465 e. The molecule has 2 amide bonds. The van der Waals surface area contributed by atoms with Crippen LogP contribution in [0, 0.1) is 25.7 Å². The number of rotatable bonds is 14. The molecule has 8 nitrogen and oxygen atoms in total. The number of carbonyl (C=O) groups excluding carboxylic acids is 3. The Balaban J connectivity index is 1.79. The molecule has 2 unspecified atom stereocenters. The predicted octanol–water partition coefficient (Wildman–Crippen LogP) is 4.65. The summed E-state index contributed by atoms with van der Waals surface area (Å²) in [6.45, 7) is 15.6. The zero-order valence-electron chi connectivity index (χ0n) is 25.1. The zero-order valence-corrected chi connectivity index (χ0v) is 25.1. The minimum Gasteiger partial charge on any atom is -0.465 e. The third-order valence-corrected chi connectivity index (χ3v) is 9.52. The highest BCUT2D eigenvalue weighted by Gasteiger charge is 2.79. The lowest BCUT2D eigenvalue weighted by Gasteiger charge is -2.40. The summed E-state index contributed by atoms with van der Waals surface area (Å²) in [7, 11) is 0. The van der Waals surface area contributed by atoms with Crippen LogP contribution in [0.4, 0.5) is 5.69 Å². The van der Waals surface area contributed by atoms with E-state index in [-0.39, 0.29) is 31.6 Å². The first-order valence-corrected chi connectivity index (χ1v) is 15.1. The number of likely N-dealkylation sites (tertiary alicyclic amines) is 1. The van der Waals surface area contributed by atoms with E-state index in [0.717, 1.165) is 29.7 Å². The summed E-state index contributed by atoms with van der Waals surface area (Å²) in [6, 6.07) is 4.28. The average molecular weight is 567 g/mol. The van der Waals surface area contributed by atoms with Crippen molar-refractivity contribution in [3.05, 3.63) is 54.6 Å².